The van der Waals surface area contributed by atoms with Crippen molar-refractivity contribution in [2.24, 2.45) is 0 Å². The Morgan fingerprint density at radius 1 is 0.455 bits per heavy atom. The van der Waals surface area contributed by atoms with E-state index in [1.807, 2.05) is 0 Å². The SMILES string of the molecule is CCC/C=C\C/C=C\CCCCCCCCOCC(CN(CC)CC)OCCCCCCCC/C=C\C/C=C\CCCCC. The molecule has 258 valence electrons. The van der Waals surface area contributed by atoms with Gasteiger partial charge in [-0.1, -0.05) is 147 Å². The van der Waals surface area contributed by atoms with Gasteiger partial charge in [-0.3, -0.25) is 0 Å². The summed E-state index contributed by atoms with van der Waals surface area (Å²) in [6.45, 7) is 14.6. The van der Waals surface area contributed by atoms with E-state index < -0.39 is 0 Å². The van der Waals surface area contributed by atoms with Crippen LogP contribution in [0.2, 0.25) is 0 Å². The average molecular weight is 616 g/mol. The maximum absolute atomic E-state index is 6.33. The largest absolute Gasteiger partial charge is 0.379 e. The van der Waals surface area contributed by atoms with Gasteiger partial charge in [0, 0.05) is 19.8 Å². The predicted molar refractivity (Wildman–Crippen MR) is 198 cm³/mol. The number of nitrogens with zero attached hydrogens (tertiary/aromatic N) is 1. The second-order valence-corrected chi connectivity index (χ2v) is 12.5. The molecule has 0 bridgehead atoms. The van der Waals surface area contributed by atoms with Crippen molar-refractivity contribution in [2.75, 3.05) is 39.5 Å². The van der Waals surface area contributed by atoms with Gasteiger partial charge in [0.15, 0.2) is 0 Å². The maximum Gasteiger partial charge on any atom is 0.0934 e. The van der Waals surface area contributed by atoms with Crippen molar-refractivity contribution < 1.29 is 9.47 Å². The minimum Gasteiger partial charge on any atom is -0.379 e. The van der Waals surface area contributed by atoms with Crippen LogP contribution in [-0.4, -0.2) is 50.5 Å². The van der Waals surface area contributed by atoms with Crippen molar-refractivity contribution in [1.29, 1.82) is 0 Å². The lowest BCUT2D eigenvalue weighted by atomic mass is 10.1. The third kappa shape index (κ3) is 33.7. The molecular formula is C41H77NO2. The van der Waals surface area contributed by atoms with Crippen LogP contribution < -0.4 is 0 Å². The Kier molecular flexibility index (Phi) is 37.0. The number of hydrogen-bond acceptors (Lipinski definition) is 3. The first-order valence-corrected chi connectivity index (χ1v) is 19.3. The summed E-state index contributed by atoms with van der Waals surface area (Å²) in [5, 5.41) is 0. The first kappa shape index (κ1) is 42.8. The molecule has 0 aliphatic rings. The van der Waals surface area contributed by atoms with Gasteiger partial charge < -0.3 is 14.4 Å². The first-order valence-electron chi connectivity index (χ1n) is 19.3. The zero-order chi connectivity index (χ0) is 32.0. The summed E-state index contributed by atoms with van der Waals surface area (Å²) in [5.41, 5.74) is 0. The van der Waals surface area contributed by atoms with Gasteiger partial charge in [-0.25, -0.2) is 0 Å². The molecule has 0 saturated heterocycles. The van der Waals surface area contributed by atoms with Crippen LogP contribution in [0.4, 0.5) is 0 Å². The van der Waals surface area contributed by atoms with Crippen LogP contribution in [0, 0.1) is 0 Å². The van der Waals surface area contributed by atoms with Gasteiger partial charge in [0.2, 0.25) is 0 Å². The second kappa shape index (κ2) is 38.0. The van der Waals surface area contributed by atoms with Crippen molar-refractivity contribution in [3.05, 3.63) is 48.6 Å². The Morgan fingerprint density at radius 2 is 0.909 bits per heavy atom. The molecule has 0 aromatic heterocycles. The molecule has 3 nitrogen and oxygen atoms in total. The number of hydrogen-bond donors (Lipinski definition) is 0. The molecule has 0 radical (unpaired) electrons. The average Bonchev–Trinajstić information content (AvgIpc) is 3.04. The van der Waals surface area contributed by atoms with Gasteiger partial charge in [-0.15, -0.1) is 0 Å². The molecule has 0 amide bonds. The summed E-state index contributed by atoms with van der Waals surface area (Å²) in [4.78, 5) is 2.46. The lowest BCUT2D eigenvalue weighted by molar-refractivity contribution is -0.0332. The van der Waals surface area contributed by atoms with E-state index in [4.69, 9.17) is 9.47 Å². The van der Waals surface area contributed by atoms with Crippen LogP contribution in [0.1, 0.15) is 169 Å². The zero-order valence-electron chi connectivity index (χ0n) is 30.3. The highest BCUT2D eigenvalue weighted by Crippen LogP contribution is 2.11. The van der Waals surface area contributed by atoms with Gasteiger partial charge in [0.1, 0.15) is 0 Å². The van der Waals surface area contributed by atoms with Crippen LogP contribution in [0.5, 0.6) is 0 Å². The Labute approximate surface area is 277 Å². The Balaban J connectivity index is 3.78. The zero-order valence-corrected chi connectivity index (χ0v) is 30.3. The molecule has 1 atom stereocenters. The molecule has 3 heteroatoms. The standard InChI is InChI=1S/C41H77NO2/c1-5-9-11-13-15-17-19-21-23-24-26-28-30-32-34-36-38-44-41(39-42(7-3)8-4)40-43-37-35-33-31-29-27-25-22-20-18-16-14-12-10-6-2/h12,14-15,17-18,20-21,23,41H,5-11,13,16,19,22,24-40H2,1-4H3/b14-12-,17-15-,20-18-,23-21-. The fraction of sp³-hybridized carbons (Fsp3) is 0.805. The van der Waals surface area contributed by atoms with Gasteiger partial charge in [-0.05, 0) is 83.7 Å². The van der Waals surface area contributed by atoms with E-state index in [2.05, 4.69) is 81.2 Å². The topological polar surface area (TPSA) is 21.7 Å². The van der Waals surface area contributed by atoms with Crippen molar-refractivity contribution in [1.82, 2.24) is 4.90 Å². The third-order valence-corrected chi connectivity index (χ3v) is 8.33. The van der Waals surface area contributed by atoms with Gasteiger partial charge in [0.25, 0.3) is 0 Å². The minimum atomic E-state index is 0.197. The normalized spacial score (nSPS) is 13.2. The van der Waals surface area contributed by atoms with E-state index in [9.17, 15) is 0 Å². The van der Waals surface area contributed by atoms with Crippen LogP contribution in [-0.2, 0) is 9.47 Å². The maximum atomic E-state index is 6.33. The van der Waals surface area contributed by atoms with Crippen molar-refractivity contribution >= 4 is 0 Å². The molecule has 0 heterocycles. The van der Waals surface area contributed by atoms with Crippen LogP contribution in [0.3, 0.4) is 0 Å². The van der Waals surface area contributed by atoms with Crippen LogP contribution >= 0.6 is 0 Å². The number of rotatable bonds is 35. The summed E-state index contributed by atoms with van der Waals surface area (Å²) in [6, 6.07) is 0. The second-order valence-electron chi connectivity index (χ2n) is 12.5. The molecule has 0 N–H and O–H groups in total. The highest BCUT2D eigenvalue weighted by atomic mass is 16.5. The molecule has 0 fully saturated rings. The number of allylic oxidation sites excluding steroid dienone is 8. The highest BCUT2D eigenvalue weighted by molar-refractivity contribution is 4.93. The summed E-state index contributed by atoms with van der Waals surface area (Å²) in [5.74, 6) is 0. The smallest absolute Gasteiger partial charge is 0.0934 e. The number of ether oxygens (including phenoxy) is 2. The summed E-state index contributed by atoms with van der Waals surface area (Å²) >= 11 is 0. The van der Waals surface area contributed by atoms with Crippen LogP contribution in [0.25, 0.3) is 0 Å². The van der Waals surface area contributed by atoms with E-state index in [1.54, 1.807) is 0 Å². The minimum absolute atomic E-state index is 0.197. The quantitative estimate of drug-likeness (QED) is 0.0523. The fourth-order valence-electron chi connectivity index (χ4n) is 5.33. The summed E-state index contributed by atoms with van der Waals surface area (Å²) < 4.78 is 12.4. The lowest BCUT2D eigenvalue weighted by Gasteiger charge is -2.25. The first-order chi connectivity index (χ1) is 21.8. The molecule has 0 aromatic carbocycles. The Morgan fingerprint density at radius 3 is 1.41 bits per heavy atom. The molecule has 0 aliphatic heterocycles. The van der Waals surface area contributed by atoms with Crippen molar-refractivity contribution in [3.8, 4) is 0 Å². The monoisotopic (exact) mass is 616 g/mol. The molecule has 0 spiro atoms. The number of unbranched alkanes of at least 4 members (excludes halogenated alkanes) is 16. The molecule has 0 aromatic rings. The Hall–Kier alpha value is -1.16. The highest BCUT2D eigenvalue weighted by Gasteiger charge is 2.13. The molecule has 0 rings (SSSR count). The summed E-state index contributed by atoms with van der Waals surface area (Å²) in [6.07, 6.45) is 46.8. The predicted octanol–water partition coefficient (Wildman–Crippen LogP) is 12.6. The molecule has 44 heavy (non-hydrogen) atoms. The third-order valence-electron chi connectivity index (χ3n) is 8.33. The molecular weight excluding hydrogens is 538 g/mol. The molecule has 0 aliphatic carbocycles. The molecule has 0 saturated carbocycles. The van der Waals surface area contributed by atoms with Gasteiger partial charge in [0.05, 0.1) is 12.7 Å². The lowest BCUT2D eigenvalue weighted by Crippen LogP contribution is -2.36. The van der Waals surface area contributed by atoms with Crippen molar-refractivity contribution in [3.63, 3.8) is 0 Å². The van der Waals surface area contributed by atoms with E-state index in [1.165, 1.54) is 128 Å². The van der Waals surface area contributed by atoms with Crippen LogP contribution in [0.15, 0.2) is 48.6 Å². The molecule has 1 unspecified atom stereocenters. The number of likely N-dealkylation sites (N-methyl/N-ethyl adjacent to an activating group) is 1. The van der Waals surface area contributed by atoms with E-state index >= 15 is 0 Å². The van der Waals surface area contributed by atoms with E-state index in [0.29, 0.717) is 0 Å². The summed E-state index contributed by atoms with van der Waals surface area (Å²) in [7, 11) is 0. The fourth-order valence-corrected chi connectivity index (χ4v) is 5.33. The van der Waals surface area contributed by atoms with E-state index in [0.717, 1.165) is 52.3 Å². The van der Waals surface area contributed by atoms with Gasteiger partial charge in [-0.2, -0.15) is 0 Å². The Bertz CT molecular complexity index is 649. The van der Waals surface area contributed by atoms with Crippen molar-refractivity contribution in [2.45, 2.75) is 175 Å². The van der Waals surface area contributed by atoms with E-state index in [-0.39, 0.29) is 6.10 Å². The van der Waals surface area contributed by atoms with Gasteiger partial charge >= 0.3 is 0 Å².